The van der Waals surface area contributed by atoms with Gasteiger partial charge in [0.05, 0.1) is 29.8 Å². The van der Waals surface area contributed by atoms with Crippen molar-refractivity contribution in [3.8, 4) is 5.75 Å². The van der Waals surface area contributed by atoms with Crippen LogP contribution in [0, 0.1) is 0 Å². The van der Waals surface area contributed by atoms with Crippen LogP contribution in [0.1, 0.15) is 36.6 Å². The summed E-state index contributed by atoms with van der Waals surface area (Å²) in [7, 11) is 0. The molecule has 3 amide bonds. The van der Waals surface area contributed by atoms with Crippen LogP contribution < -0.4 is 10.1 Å². The maximum atomic E-state index is 12.8. The highest BCUT2D eigenvalue weighted by molar-refractivity contribution is 6.21. The van der Waals surface area contributed by atoms with E-state index >= 15 is 0 Å². The van der Waals surface area contributed by atoms with Crippen molar-refractivity contribution in [1.82, 2.24) is 10.2 Å². The number of para-hydroxylation sites is 1. The van der Waals surface area contributed by atoms with Gasteiger partial charge >= 0.3 is 5.97 Å². The summed E-state index contributed by atoms with van der Waals surface area (Å²) in [4.78, 5) is 50.9. The molecule has 0 unspecified atom stereocenters. The molecular formula is C26H22N2O6. The zero-order valence-corrected chi connectivity index (χ0v) is 18.2. The van der Waals surface area contributed by atoms with Crippen LogP contribution in [-0.4, -0.2) is 48.3 Å². The quantitative estimate of drug-likeness (QED) is 0.301. The molecule has 0 radical (unpaired) electrons. The minimum absolute atomic E-state index is 0.0849. The van der Waals surface area contributed by atoms with Gasteiger partial charge in [0.25, 0.3) is 17.7 Å². The zero-order valence-electron chi connectivity index (χ0n) is 18.2. The highest BCUT2D eigenvalue weighted by Crippen LogP contribution is 2.26. The van der Waals surface area contributed by atoms with Crippen molar-refractivity contribution >= 4 is 23.7 Å². The maximum absolute atomic E-state index is 12.8. The maximum Gasteiger partial charge on any atom is 0.338 e. The molecule has 34 heavy (non-hydrogen) atoms. The monoisotopic (exact) mass is 458 g/mol. The molecule has 0 atom stereocenters. The summed E-state index contributed by atoms with van der Waals surface area (Å²) in [6, 6.07) is 22.5. The number of carbonyl (C=O) groups is 4. The summed E-state index contributed by atoms with van der Waals surface area (Å²) in [5, 5.41) is 2.60. The van der Waals surface area contributed by atoms with E-state index in [0.717, 1.165) is 10.5 Å². The van der Waals surface area contributed by atoms with Crippen LogP contribution in [0.4, 0.5) is 0 Å². The van der Waals surface area contributed by atoms with E-state index in [4.69, 9.17) is 9.47 Å². The minimum atomic E-state index is -0.764. The Hall–Kier alpha value is -4.46. The summed E-state index contributed by atoms with van der Waals surface area (Å²) < 4.78 is 10.5. The molecule has 8 nitrogen and oxygen atoms in total. The van der Waals surface area contributed by atoms with Crippen molar-refractivity contribution in [1.29, 1.82) is 0 Å². The largest absolute Gasteiger partial charge is 0.492 e. The van der Waals surface area contributed by atoms with Gasteiger partial charge in [-0.1, -0.05) is 48.5 Å². The molecule has 0 saturated carbocycles. The number of carbonyl (C=O) groups excluding carboxylic acids is 4. The van der Waals surface area contributed by atoms with Crippen LogP contribution in [0.5, 0.6) is 5.75 Å². The van der Waals surface area contributed by atoms with E-state index < -0.39 is 30.3 Å². The smallest absolute Gasteiger partial charge is 0.338 e. The molecule has 1 N–H and O–H groups in total. The summed E-state index contributed by atoms with van der Waals surface area (Å²) in [6.07, 6.45) is 0. The number of nitrogens with zero attached hydrogens (tertiary/aromatic N) is 1. The second kappa shape index (κ2) is 10.4. The number of benzene rings is 3. The molecule has 1 aliphatic rings. The lowest BCUT2D eigenvalue weighted by molar-refractivity contribution is -0.124. The number of amides is 3. The lowest BCUT2D eigenvalue weighted by Gasteiger charge is -2.13. The Bertz CT molecular complexity index is 1210. The fourth-order valence-corrected chi connectivity index (χ4v) is 3.47. The normalized spacial score (nSPS) is 12.3. The van der Waals surface area contributed by atoms with Gasteiger partial charge in [0.1, 0.15) is 12.4 Å². The van der Waals surface area contributed by atoms with Crippen LogP contribution >= 0.6 is 0 Å². The number of nitrogens with one attached hydrogen (secondary N) is 1. The molecule has 3 aromatic carbocycles. The van der Waals surface area contributed by atoms with Gasteiger partial charge in [0.15, 0.2) is 6.61 Å². The number of rotatable bonds is 9. The fraction of sp³-hybridized carbons (Fsp3) is 0.154. The highest BCUT2D eigenvalue weighted by Gasteiger charge is 2.36. The number of hydrogen-bond donors (Lipinski definition) is 1. The van der Waals surface area contributed by atoms with Gasteiger partial charge in [-0.25, -0.2) is 4.79 Å². The van der Waals surface area contributed by atoms with E-state index in [1.165, 1.54) is 18.2 Å². The van der Waals surface area contributed by atoms with Crippen molar-refractivity contribution in [3.05, 3.63) is 101 Å². The van der Waals surface area contributed by atoms with E-state index in [1.54, 1.807) is 12.1 Å². The molecule has 0 aliphatic carbocycles. The molecule has 1 aliphatic heterocycles. The first-order valence-electron chi connectivity index (χ1n) is 10.7. The molecule has 172 valence electrons. The highest BCUT2D eigenvalue weighted by atomic mass is 16.5. The Kier molecular flexibility index (Phi) is 6.98. The molecule has 8 heteroatoms. The summed E-state index contributed by atoms with van der Waals surface area (Å²) >= 11 is 0. The van der Waals surface area contributed by atoms with Crippen molar-refractivity contribution in [2.45, 2.75) is 6.54 Å². The Morgan fingerprint density at radius 3 is 2.24 bits per heavy atom. The van der Waals surface area contributed by atoms with Gasteiger partial charge in [-0.2, -0.15) is 0 Å². The first kappa shape index (κ1) is 22.7. The van der Waals surface area contributed by atoms with Gasteiger partial charge in [-0.3, -0.25) is 19.3 Å². The molecular weight excluding hydrogens is 436 g/mol. The average Bonchev–Trinajstić information content (AvgIpc) is 3.10. The number of hydrogen-bond acceptors (Lipinski definition) is 6. The van der Waals surface area contributed by atoms with E-state index in [9.17, 15) is 19.2 Å². The van der Waals surface area contributed by atoms with Crippen LogP contribution in [0.25, 0.3) is 0 Å². The Morgan fingerprint density at radius 2 is 1.50 bits per heavy atom. The molecule has 1 heterocycles. The second-order valence-electron chi connectivity index (χ2n) is 7.53. The van der Waals surface area contributed by atoms with E-state index in [0.29, 0.717) is 5.75 Å². The lowest BCUT2D eigenvalue weighted by atomic mass is 10.1. The predicted molar refractivity (Wildman–Crippen MR) is 122 cm³/mol. The number of fused-ring (bicyclic) bond motifs is 1. The summed E-state index contributed by atoms with van der Waals surface area (Å²) in [6.45, 7) is 0.178. The van der Waals surface area contributed by atoms with E-state index in [2.05, 4.69) is 5.32 Å². The molecule has 3 aromatic rings. The van der Waals surface area contributed by atoms with Gasteiger partial charge in [-0.15, -0.1) is 0 Å². The molecule has 0 saturated heterocycles. The number of imide groups is 1. The summed E-state index contributed by atoms with van der Waals surface area (Å²) in [5.41, 5.74) is 1.27. The molecule has 0 fully saturated rings. The Balaban J connectivity index is 1.28. The van der Waals surface area contributed by atoms with Crippen molar-refractivity contribution < 1.29 is 28.7 Å². The molecule has 4 rings (SSSR count). The van der Waals surface area contributed by atoms with Crippen LogP contribution in [0.3, 0.4) is 0 Å². The third-order valence-electron chi connectivity index (χ3n) is 5.16. The van der Waals surface area contributed by atoms with Crippen LogP contribution in [-0.2, 0) is 16.1 Å². The van der Waals surface area contributed by atoms with Crippen molar-refractivity contribution in [2.24, 2.45) is 0 Å². The standard InChI is InChI=1S/C26H22N2O6/c29-23(27-13-14-33-20-9-5-2-6-10-20)17-34-26(32)19-11-12-21-22(15-19)25(31)28(24(21)30)16-18-7-3-1-4-8-18/h1-12,15H,13-14,16-17H2,(H,27,29). The van der Waals surface area contributed by atoms with Gasteiger partial charge in [-0.05, 0) is 35.9 Å². The Labute approximate surface area is 196 Å². The molecule has 0 aromatic heterocycles. The first-order chi connectivity index (χ1) is 16.5. The number of esters is 1. The van der Waals surface area contributed by atoms with Gasteiger partial charge in [0, 0.05) is 0 Å². The third kappa shape index (κ3) is 5.29. The fourth-order valence-electron chi connectivity index (χ4n) is 3.47. The zero-order chi connectivity index (χ0) is 23.9. The minimum Gasteiger partial charge on any atom is -0.492 e. The van der Waals surface area contributed by atoms with Gasteiger partial charge < -0.3 is 14.8 Å². The van der Waals surface area contributed by atoms with Crippen LogP contribution in [0.15, 0.2) is 78.9 Å². The molecule has 0 spiro atoms. The average molecular weight is 458 g/mol. The predicted octanol–water partition coefficient (Wildman–Crippen LogP) is 2.83. The van der Waals surface area contributed by atoms with Crippen molar-refractivity contribution in [3.63, 3.8) is 0 Å². The lowest BCUT2D eigenvalue weighted by Crippen LogP contribution is -2.32. The summed E-state index contributed by atoms with van der Waals surface area (Å²) in [5.74, 6) is -1.45. The van der Waals surface area contributed by atoms with Gasteiger partial charge in [0.2, 0.25) is 0 Å². The molecule has 0 bridgehead atoms. The Morgan fingerprint density at radius 1 is 0.824 bits per heavy atom. The first-order valence-corrected chi connectivity index (χ1v) is 10.7. The third-order valence-corrected chi connectivity index (χ3v) is 5.16. The van der Waals surface area contributed by atoms with E-state index in [1.807, 2.05) is 48.5 Å². The van der Waals surface area contributed by atoms with E-state index in [-0.39, 0.29) is 36.4 Å². The van der Waals surface area contributed by atoms with Crippen LogP contribution in [0.2, 0.25) is 0 Å². The second-order valence-corrected chi connectivity index (χ2v) is 7.53. The number of ether oxygens (including phenoxy) is 2. The van der Waals surface area contributed by atoms with Crippen molar-refractivity contribution in [2.75, 3.05) is 19.8 Å². The SMILES string of the molecule is O=C(COC(=O)c1ccc2c(c1)C(=O)N(Cc1ccccc1)C2=O)NCCOc1ccccc1. The topological polar surface area (TPSA) is 102 Å².